The predicted octanol–water partition coefficient (Wildman–Crippen LogP) is 2.19. The van der Waals surface area contributed by atoms with Crippen molar-refractivity contribution >= 4 is 22.6 Å². The molecule has 1 aliphatic rings. The van der Waals surface area contributed by atoms with Gasteiger partial charge in [0.2, 0.25) is 5.91 Å². The molecule has 1 fully saturated rings. The average molecular weight is 299 g/mol. The number of anilines is 1. The molecule has 5 nitrogen and oxygen atoms in total. The Morgan fingerprint density at radius 3 is 3.00 bits per heavy atom. The van der Waals surface area contributed by atoms with Crippen LogP contribution < -0.4 is 10.6 Å². The van der Waals surface area contributed by atoms with Gasteiger partial charge in [0.15, 0.2) is 0 Å². The van der Waals surface area contributed by atoms with Crippen LogP contribution >= 0.6 is 0 Å². The summed E-state index contributed by atoms with van der Waals surface area (Å²) >= 11 is 0. The molecule has 0 radical (unpaired) electrons. The van der Waals surface area contributed by atoms with E-state index in [1.807, 2.05) is 36.4 Å². The predicted molar refractivity (Wildman–Crippen MR) is 86.8 cm³/mol. The van der Waals surface area contributed by atoms with Gasteiger partial charge in [-0.15, -0.1) is 0 Å². The summed E-state index contributed by atoms with van der Waals surface area (Å²) in [7, 11) is 0. The van der Waals surface area contributed by atoms with E-state index in [-0.39, 0.29) is 11.8 Å². The van der Waals surface area contributed by atoms with Gasteiger partial charge in [0.05, 0.1) is 18.0 Å². The van der Waals surface area contributed by atoms with Gasteiger partial charge >= 0.3 is 0 Å². The van der Waals surface area contributed by atoms with E-state index in [2.05, 4.69) is 15.6 Å². The lowest BCUT2D eigenvalue weighted by atomic mass is 10.0. The molecule has 0 spiro atoms. The van der Waals surface area contributed by atoms with Crippen LogP contribution in [-0.4, -0.2) is 37.2 Å². The molecule has 0 bridgehead atoms. The minimum atomic E-state index is 0.00699. The molecular weight excluding hydrogens is 278 g/mol. The first kappa shape index (κ1) is 14.8. The number of hydrogen-bond donors (Lipinski definition) is 2. The Morgan fingerprint density at radius 2 is 2.14 bits per heavy atom. The number of aromatic nitrogens is 1. The van der Waals surface area contributed by atoms with E-state index in [4.69, 9.17) is 4.74 Å². The normalized spacial score (nSPS) is 18.1. The Balaban J connectivity index is 1.44. The van der Waals surface area contributed by atoms with Crippen LogP contribution in [0.3, 0.4) is 0 Å². The fourth-order valence-electron chi connectivity index (χ4n) is 2.63. The maximum atomic E-state index is 11.9. The number of amides is 1. The molecule has 2 N–H and O–H groups in total. The molecule has 1 atom stereocenters. The topological polar surface area (TPSA) is 63.2 Å². The van der Waals surface area contributed by atoms with Crippen LogP contribution in [-0.2, 0) is 9.53 Å². The second-order valence-electron chi connectivity index (χ2n) is 5.52. The van der Waals surface area contributed by atoms with Crippen LogP contribution in [0.2, 0.25) is 0 Å². The first-order valence-corrected chi connectivity index (χ1v) is 7.78. The summed E-state index contributed by atoms with van der Waals surface area (Å²) < 4.78 is 5.33. The highest BCUT2D eigenvalue weighted by molar-refractivity contribution is 5.80. The smallest absolute Gasteiger partial charge is 0.225 e. The third kappa shape index (κ3) is 3.74. The zero-order valence-electron chi connectivity index (χ0n) is 12.5. The number of hydrogen-bond acceptors (Lipinski definition) is 4. The zero-order chi connectivity index (χ0) is 15.2. The Morgan fingerprint density at radius 1 is 1.23 bits per heavy atom. The van der Waals surface area contributed by atoms with Crippen LogP contribution in [0.5, 0.6) is 0 Å². The molecule has 1 saturated heterocycles. The Kier molecular flexibility index (Phi) is 4.85. The van der Waals surface area contributed by atoms with Crippen LogP contribution in [0.4, 0.5) is 5.82 Å². The van der Waals surface area contributed by atoms with Crippen molar-refractivity contribution in [3.05, 3.63) is 36.4 Å². The van der Waals surface area contributed by atoms with Crippen LogP contribution in [0.25, 0.3) is 10.9 Å². The van der Waals surface area contributed by atoms with Gasteiger partial charge in [0, 0.05) is 25.1 Å². The second kappa shape index (κ2) is 7.22. The Labute approximate surface area is 130 Å². The van der Waals surface area contributed by atoms with Gasteiger partial charge in [-0.2, -0.15) is 0 Å². The van der Waals surface area contributed by atoms with Gasteiger partial charge in [0.25, 0.3) is 0 Å². The van der Waals surface area contributed by atoms with E-state index in [0.29, 0.717) is 19.7 Å². The van der Waals surface area contributed by atoms with Gasteiger partial charge in [-0.05, 0) is 31.0 Å². The highest BCUT2D eigenvalue weighted by atomic mass is 16.5. The molecule has 116 valence electrons. The Bertz CT molecular complexity index is 639. The highest BCUT2D eigenvalue weighted by Crippen LogP contribution is 2.14. The monoisotopic (exact) mass is 299 g/mol. The summed E-state index contributed by atoms with van der Waals surface area (Å²) in [4.78, 5) is 16.5. The number of pyridine rings is 1. The van der Waals surface area contributed by atoms with Crippen molar-refractivity contribution in [2.45, 2.75) is 12.8 Å². The minimum Gasteiger partial charge on any atom is -0.381 e. The van der Waals surface area contributed by atoms with Crippen LogP contribution in [0.1, 0.15) is 12.8 Å². The molecule has 1 unspecified atom stereocenters. The summed E-state index contributed by atoms with van der Waals surface area (Å²) in [6.45, 7) is 2.57. The number of carbonyl (C=O) groups is 1. The van der Waals surface area contributed by atoms with Crippen LogP contribution in [0.15, 0.2) is 36.4 Å². The molecular formula is C17H21N3O2. The van der Waals surface area contributed by atoms with Crippen molar-refractivity contribution in [1.82, 2.24) is 10.3 Å². The van der Waals surface area contributed by atoms with Gasteiger partial charge in [-0.1, -0.05) is 18.2 Å². The van der Waals surface area contributed by atoms with Gasteiger partial charge in [-0.25, -0.2) is 4.98 Å². The average Bonchev–Trinajstić information content (AvgIpc) is 2.59. The molecule has 3 rings (SSSR count). The molecule has 5 heteroatoms. The van der Waals surface area contributed by atoms with Crippen molar-refractivity contribution in [2.24, 2.45) is 5.92 Å². The van der Waals surface area contributed by atoms with Crippen molar-refractivity contribution in [2.75, 3.05) is 31.6 Å². The zero-order valence-corrected chi connectivity index (χ0v) is 12.5. The molecule has 0 saturated carbocycles. The summed E-state index contributed by atoms with van der Waals surface area (Å²) in [5.74, 6) is 0.925. The minimum absolute atomic E-state index is 0.00699. The van der Waals surface area contributed by atoms with E-state index in [0.717, 1.165) is 36.2 Å². The molecule has 1 aromatic carbocycles. The summed E-state index contributed by atoms with van der Waals surface area (Å²) in [6.07, 6.45) is 1.89. The number of para-hydroxylation sites is 1. The van der Waals surface area contributed by atoms with Crippen LogP contribution in [0, 0.1) is 5.92 Å². The van der Waals surface area contributed by atoms with Crippen molar-refractivity contribution in [1.29, 1.82) is 0 Å². The van der Waals surface area contributed by atoms with Crippen molar-refractivity contribution < 1.29 is 9.53 Å². The quantitative estimate of drug-likeness (QED) is 0.831. The number of rotatable bonds is 5. The molecule has 2 aromatic rings. The molecule has 1 aromatic heterocycles. The summed E-state index contributed by atoms with van der Waals surface area (Å²) in [5, 5.41) is 7.31. The highest BCUT2D eigenvalue weighted by Gasteiger charge is 2.20. The fraction of sp³-hybridized carbons (Fsp3) is 0.412. The lowest BCUT2D eigenvalue weighted by Gasteiger charge is -2.21. The van der Waals surface area contributed by atoms with E-state index in [1.54, 1.807) is 0 Å². The molecule has 0 aliphatic carbocycles. The largest absolute Gasteiger partial charge is 0.381 e. The maximum Gasteiger partial charge on any atom is 0.225 e. The number of nitrogens with one attached hydrogen (secondary N) is 2. The van der Waals surface area contributed by atoms with E-state index in [1.165, 1.54) is 0 Å². The summed E-state index contributed by atoms with van der Waals surface area (Å²) in [5.41, 5.74) is 0.968. The molecule has 1 amide bonds. The first-order chi connectivity index (χ1) is 10.8. The van der Waals surface area contributed by atoms with Gasteiger partial charge < -0.3 is 15.4 Å². The summed E-state index contributed by atoms with van der Waals surface area (Å²) in [6, 6.07) is 12.0. The van der Waals surface area contributed by atoms with E-state index in [9.17, 15) is 4.79 Å². The van der Waals surface area contributed by atoms with E-state index >= 15 is 0 Å². The molecule has 1 aliphatic heterocycles. The SMILES string of the molecule is O=C(NCCNc1ccc2ccccc2n1)C1CCCOC1. The van der Waals surface area contributed by atoms with Gasteiger partial charge in [0.1, 0.15) is 5.82 Å². The molecule has 2 heterocycles. The van der Waals surface area contributed by atoms with Crippen molar-refractivity contribution in [3.8, 4) is 0 Å². The lowest BCUT2D eigenvalue weighted by molar-refractivity contribution is -0.128. The standard InChI is InChI=1S/C17H21N3O2/c21-17(14-5-3-11-22-12-14)19-10-9-18-16-8-7-13-4-1-2-6-15(13)20-16/h1-2,4,6-8,14H,3,5,9-12H2,(H,18,20)(H,19,21). The fourth-order valence-corrected chi connectivity index (χ4v) is 2.63. The van der Waals surface area contributed by atoms with Crippen molar-refractivity contribution in [3.63, 3.8) is 0 Å². The lowest BCUT2D eigenvalue weighted by Crippen LogP contribution is -2.37. The number of carbonyl (C=O) groups excluding carboxylic acids is 1. The third-order valence-corrected chi connectivity index (χ3v) is 3.86. The number of benzene rings is 1. The maximum absolute atomic E-state index is 11.9. The van der Waals surface area contributed by atoms with Gasteiger partial charge in [-0.3, -0.25) is 4.79 Å². The van der Waals surface area contributed by atoms with E-state index < -0.39 is 0 Å². The number of nitrogens with zero attached hydrogens (tertiary/aromatic N) is 1. The third-order valence-electron chi connectivity index (χ3n) is 3.86. The number of ether oxygens (including phenoxy) is 1. The Hall–Kier alpha value is -2.14. The second-order valence-corrected chi connectivity index (χ2v) is 5.52. The molecule has 22 heavy (non-hydrogen) atoms. The number of fused-ring (bicyclic) bond motifs is 1. The first-order valence-electron chi connectivity index (χ1n) is 7.78.